The lowest BCUT2D eigenvalue weighted by molar-refractivity contribution is -0.384. The molecule has 0 aliphatic rings. The number of nitrogens with zero attached hydrogens (tertiary/aromatic N) is 2. The average Bonchev–Trinajstić information content (AvgIpc) is 2.61. The minimum Gasteiger partial charge on any atom is -0.294 e. The Morgan fingerprint density at radius 3 is 1.87 bits per heavy atom. The number of para-hydroxylation sites is 2. The van der Waals surface area contributed by atoms with Gasteiger partial charge in [0.2, 0.25) is 0 Å². The molecular weight excluding hydrogens is 290 g/mol. The van der Waals surface area contributed by atoms with E-state index in [-0.39, 0.29) is 5.69 Å². The highest BCUT2D eigenvalue weighted by molar-refractivity contribution is 5.68. The summed E-state index contributed by atoms with van der Waals surface area (Å²) in [5.41, 5.74) is 5.80. The molecule has 3 rings (SSSR count). The zero-order chi connectivity index (χ0) is 16.1. The summed E-state index contributed by atoms with van der Waals surface area (Å²) in [6, 6.07) is 26.0. The van der Waals surface area contributed by atoms with Crippen molar-refractivity contribution in [1.82, 2.24) is 0 Å². The van der Waals surface area contributed by atoms with E-state index in [4.69, 9.17) is 0 Å². The molecule has 0 aromatic heterocycles. The number of hydrogen-bond acceptors (Lipinski definition) is 4. The van der Waals surface area contributed by atoms with Gasteiger partial charge in [0.1, 0.15) is 0 Å². The lowest BCUT2D eigenvalue weighted by Gasteiger charge is -2.26. The summed E-state index contributed by atoms with van der Waals surface area (Å²) >= 11 is 0. The Morgan fingerprint density at radius 1 is 0.783 bits per heavy atom. The van der Waals surface area contributed by atoms with Gasteiger partial charge in [0, 0.05) is 12.1 Å². The van der Waals surface area contributed by atoms with Crippen LogP contribution >= 0.6 is 0 Å². The summed E-state index contributed by atoms with van der Waals surface area (Å²) in [4.78, 5) is 10.5. The molecule has 5 nitrogen and oxygen atoms in total. The topological polar surface area (TPSA) is 58.4 Å². The molecule has 0 saturated carbocycles. The summed E-state index contributed by atoms with van der Waals surface area (Å²) in [6.45, 7) is 0. The molecular formula is C18H15N3O2. The van der Waals surface area contributed by atoms with Crippen molar-refractivity contribution in [3.05, 3.63) is 95.0 Å². The predicted molar refractivity (Wildman–Crippen MR) is 91.7 cm³/mol. The molecule has 0 heterocycles. The van der Waals surface area contributed by atoms with E-state index >= 15 is 0 Å². The van der Waals surface area contributed by atoms with Crippen LogP contribution in [0.1, 0.15) is 0 Å². The molecule has 114 valence electrons. The summed E-state index contributed by atoms with van der Waals surface area (Å²) in [5, 5.41) is 12.8. The van der Waals surface area contributed by atoms with E-state index in [1.165, 1.54) is 12.1 Å². The molecule has 5 heteroatoms. The second-order valence-electron chi connectivity index (χ2n) is 4.93. The Labute approximate surface area is 133 Å². The van der Waals surface area contributed by atoms with Crippen molar-refractivity contribution in [3.63, 3.8) is 0 Å². The summed E-state index contributed by atoms with van der Waals surface area (Å²) < 4.78 is 0. The summed E-state index contributed by atoms with van der Waals surface area (Å²) in [7, 11) is 0. The number of non-ortho nitro benzene ring substituents is 1. The van der Waals surface area contributed by atoms with E-state index in [0.717, 1.165) is 11.4 Å². The van der Waals surface area contributed by atoms with Gasteiger partial charge in [0.25, 0.3) is 5.69 Å². The zero-order valence-corrected chi connectivity index (χ0v) is 12.3. The number of nitro benzene ring substituents is 1. The van der Waals surface area contributed by atoms with Crippen LogP contribution in [0.15, 0.2) is 84.9 Å². The van der Waals surface area contributed by atoms with Crippen LogP contribution in [0.2, 0.25) is 0 Å². The van der Waals surface area contributed by atoms with Gasteiger partial charge in [-0.1, -0.05) is 42.5 Å². The third-order valence-corrected chi connectivity index (χ3v) is 3.33. The largest absolute Gasteiger partial charge is 0.294 e. The Morgan fingerprint density at radius 2 is 1.35 bits per heavy atom. The van der Waals surface area contributed by atoms with E-state index in [1.807, 2.05) is 65.7 Å². The molecule has 1 N–H and O–H groups in total. The van der Waals surface area contributed by atoms with Gasteiger partial charge in [-0.25, -0.2) is 0 Å². The quantitative estimate of drug-likeness (QED) is 0.545. The van der Waals surface area contributed by atoms with Gasteiger partial charge < -0.3 is 0 Å². The molecule has 0 fully saturated rings. The summed E-state index contributed by atoms with van der Waals surface area (Å²) in [5.74, 6) is 0. The fourth-order valence-corrected chi connectivity index (χ4v) is 2.25. The van der Waals surface area contributed by atoms with Crippen molar-refractivity contribution in [3.8, 4) is 0 Å². The smallest absolute Gasteiger partial charge is 0.271 e. The maximum absolute atomic E-state index is 10.9. The second kappa shape index (κ2) is 6.62. The van der Waals surface area contributed by atoms with Crippen LogP contribution < -0.4 is 10.4 Å². The van der Waals surface area contributed by atoms with Crippen molar-refractivity contribution in [2.24, 2.45) is 0 Å². The predicted octanol–water partition coefficient (Wildman–Crippen LogP) is 4.76. The first-order valence-corrected chi connectivity index (χ1v) is 7.15. The van der Waals surface area contributed by atoms with E-state index < -0.39 is 4.92 Å². The Bertz CT molecular complexity index is 752. The summed E-state index contributed by atoms with van der Waals surface area (Å²) in [6.07, 6.45) is 0. The van der Waals surface area contributed by atoms with Crippen LogP contribution in [0.3, 0.4) is 0 Å². The van der Waals surface area contributed by atoms with E-state index in [0.29, 0.717) is 5.69 Å². The van der Waals surface area contributed by atoms with Gasteiger partial charge in [-0.3, -0.25) is 20.5 Å². The highest BCUT2D eigenvalue weighted by Crippen LogP contribution is 2.27. The first-order valence-electron chi connectivity index (χ1n) is 7.15. The van der Waals surface area contributed by atoms with E-state index in [9.17, 15) is 10.1 Å². The Hall–Kier alpha value is -3.34. The molecule has 0 atom stereocenters. The highest BCUT2D eigenvalue weighted by atomic mass is 16.6. The minimum atomic E-state index is -0.402. The van der Waals surface area contributed by atoms with Gasteiger partial charge in [-0.2, -0.15) is 0 Å². The second-order valence-corrected chi connectivity index (χ2v) is 4.93. The third kappa shape index (κ3) is 3.47. The molecule has 0 unspecified atom stereocenters. The number of hydrogen-bond donors (Lipinski definition) is 1. The van der Waals surface area contributed by atoms with Gasteiger partial charge in [0.05, 0.1) is 22.0 Å². The fraction of sp³-hybridized carbons (Fsp3) is 0. The number of benzene rings is 3. The Kier molecular flexibility index (Phi) is 4.20. The number of nitrogens with one attached hydrogen (secondary N) is 1. The first kappa shape index (κ1) is 14.6. The molecule has 0 aliphatic carbocycles. The van der Waals surface area contributed by atoms with Gasteiger partial charge in [-0.15, -0.1) is 0 Å². The molecule has 3 aromatic carbocycles. The Balaban J connectivity index is 1.97. The number of rotatable bonds is 5. The monoisotopic (exact) mass is 305 g/mol. The molecule has 0 radical (unpaired) electrons. The average molecular weight is 305 g/mol. The molecule has 0 spiro atoms. The van der Waals surface area contributed by atoms with Crippen molar-refractivity contribution < 1.29 is 4.92 Å². The van der Waals surface area contributed by atoms with Crippen LogP contribution in [-0.2, 0) is 0 Å². The van der Waals surface area contributed by atoms with Crippen molar-refractivity contribution in [2.45, 2.75) is 0 Å². The molecule has 3 aromatic rings. The fourth-order valence-electron chi connectivity index (χ4n) is 2.25. The van der Waals surface area contributed by atoms with Crippen molar-refractivity contribution >= 4 is 22.7 Å². The SMILES string of the molecule is O=[N+]([O-])c1cccc(NN(c2ccccc2)c2ccccc2)c1. The van der Waals surface area contributed by atoms with Crippen LogP contribution in [0.25, 0.3) is 0 Å². The van der Waals surface area contributed by atoms with Crippen LogP contribution in [-0.4, -0.2) is 4.92 Å². The number of hydrazine groups is 1. The lowest BCUT2D eigenvalue weighted by Crippen LogP contribution is -2.24. The molecule has 0 bridgehead atoms. The normalized spacial score (nSPS) is 10.1. The molecule has 0 amide bonds. The number of nitro groups is 1. The maximum Gasteiger partial charge on any atom is 0.271 e. The van der Waals surface area contributed by atoms with E-state index in [1.54, 1.807) is 12.1 Å². The molecule has 23 heavy (non-hydrogen) atoms. The zero-order valence-electron chi connectivity index (χ0n) is 12.3. The maximum atomic E-state index is 10.9. The van der Waals surface area contributed by atoms with Crippen LogP contribution in [0.5, 0.6) is 0 Å². The van der Waals surface area contributed by atoms with Gasteiger partial charge >= 0.3 is 0 Å². The van der Waals surface area contributed by atoms with E-state index in [2.05, 4.69) is 5.43 Å². The number of anilines is 3. The standard InChI is InChI=1S/C18H15N3O2/c22-21(23)18-13-7-8-15(14-18)19-20(16-9-3-1-4-10-16)17-11-5-2-6-12-17/h1-14,19H. The van der Waals surface area contributed by atoms with Crippen LogP contribution in [0, 0.1) is 10.1 Å². The lowest BCUT2D eigenvalue weighted by atomic mass is 10.2. The van der Waals surface area contributed by atoms with Crippen LogP contribution in [0.4, 0.5) is 22.7 Å². The van der Waals surface area contributed by atoms with Gasteiger partial charge in [0.15, 0.2) is 0 Å². The van der Waals surface area contributed by atoms with Crippen molar-refractivity contribution in [1.29, 1.82) is 0 Å². The molecule has 0 aliphatic heterocycles. The van der Waals surface area contributed by atoms with Crippen molar-refractivity contribution in [2.75, 3.05) is 10.4 Å². The molecule has 0 saturated heterocycles. The van der Waals surface area contributed by atoms with Gasteiger partial charge in [-0.05, 0) is 30.3 Å². The first-order chi connectivity index (χ1) is 11.2. The minimum absolute atomic E-state index is 0.0519. The highest BCUT2D eigenvalue weighted by Gasteiger charge is 2.11. The third-order valence-electron chi connectivity index (χ3n) is 3.33.